The first-order chi connectivity index (χ1) is 8.59. The van der Waals surface area contributed by atoms with Gasteiger partial charge in [0.2, 0.25) is 0 Å². The molecule has 0 aliphatic rings. The molecule has 0 spiro atoms. The van der Waals surface area contributed by atoms with Gasteiger partial charge in [-0.3, -0.25) is 9.59 Å². The third kappa shape index (κ3) is 2.32. The maximum Gasteiger partial charge on any atom is 0.272 e. The van der Waals surface area contributed by atoms with Crippen molar-refractivity contribution in [1.82, 2.24) is 4.57 Å². The summed E-state index contributed by atoms with van der Waals surface area (Å²) < 4.78 is 1.65. The SMILES string of the molecule is Cc1c(C(=O)Nc2ccccc2)n(C)ccc1=O. The number of aromatic nitrogens is 1. The molecule has 1 amide bonds. The molecule has 0 bridgehead atoms. The van der Waals surface area contributed by atoms with Gasteiger partial charge in [-0.05, 0) is 19.1 Å². The van der Waals surface area contributed by atoms with E-state index in [9.17, 15) is 9.59 Å². The number of anilines is 1. The number of hydrogen-bond donors (Lipinski definition) is 1. The van der Waals surface area contributed by atoms with Crippen LogP contribution in [0.3, 0.4) is 0 Å². The summed E-state index contributed by atoms with van der Waals surface area (Å²) >= 11 is 0. The fraction of sp³-hybridized carbons (Fsp3) is 0.143. The van der Waals surface area contributed by atoms with Crippen LogP contribution in [0.1, 0.15) is 16.1 Å². The zero-order chi connectivity index (χ0) is 13.1. The Morgan fingerprint density at radius 3 is 2.50 bits per heavy atom. The van der Waals surface area contributed by atoms with Crippen molar-refractivity contribution in [3.63, 3.8) is 0 Å². The van der Waals surface area contributed by atoms with E-state index in [-0.39, 0.29) is 11.3 Å². The normalized spacial score (nSPS) is 10.1. The average Bonchev–Trinajstić information content (AvgIpc) is 2.36. The highest BCUT2D eigenvalue weighted by molar-refractivity contribution is 6.03. The molecule has 1 heterocycles. The molecule has 0 saturated carbocycles. The number of carbonyl (C=O) groups is 1. The van der Waals surface area contributed by atoms with Gasteiger partial charge in [-0.25, -0.2) is 0 Å². The summed E-state index contributed by atoms with van der Waals surface area (Å²) in [6, 6.07) is 10.6. The summed E-state index contributed by atoms with van der Waals surface area (Å²) in [6.45, 7) is 1.65. The number of nitrogens with one attached hydrogen (secondary N) is 1. The van der Waals surface area contributed by atoms with Gasteiger partial charge in [-0.2, -0.15) is 0 Å². The first kappa shape index (κ1) is 12.1. The van der Waals surface area contributed by atoms with E-state index in [4.69, 9.17) is 0 Å². The van der Waals surface area contributed by atoms with Crippen LogP contribution in [0, 0.1) is 6.92 Å². The molecule has 4 nitrogen and oxygen atoms in total. The third-order valence-corrected chi connectivity index (χ3v) is 2.77. The summed E-state index contributed by atoms with van der Waals surface area (Å²) in [4.78, 5) is 23.7. The minimum absolute atomic E-state index is 0.133. The minimum atomic E-state index is -0.279. The van der Waals surface area contributed by atoms with E-state index in [1.54, 1.807) is 36.9 Å². The Morgan fingerprint density at radius 2 is 1.83 bits per heavy atom. The first-order valence-electron chi connectivity index (χ1n) is 5.62. The number of nitrogens with zero attached hydrogens (tertiary/aromatic N) is 1. The second kappa shape index (κ2) is 4.87. The van der Waals surface area contributed by atoms with Crippen molar-refractivity contribution in [1.29, 1.82) is 0 Å². The van der Waals surface area contributed by atoms with Crippen LogP contribution in [-0.2, 0) is 7.05 Å². The molecule has 4 heteroatoms. The average molecular weight is 242 g/mol. The van der Waals surface area contributed by atoms with Crippen LogP contribution in [-0.4, -0.2) is 10.5 Å². The Morgan fingerprint density at radius 1 is 1.17 bits per heavy atom. The Balaban J connectivity index is 2.36. The molecule has 0 atom stereocenters. The molecule has 1 aromatic heterocycles. The van der Waals surface area contributed by atoms with Crippen LogP contribution in [0.4, 0.5) is 5.69 Å². The molecule has 2 aromatic rings. The maximum atomic E-state index is 12.1. The molecule has 2 rings (SSSR count). The second-order valence-electron chi connectivity index (χ2n) is 4.08. The van der Waals surface area contributed by atoms with E-state index in [2.05, 4.69) is 5.32 Å². The number of rotatable bonds is 2. The lowest BCUT2D eigenvalue weighted by atomic mass is 10.2. The Hall–Kier alpha value is -2.36. The van der Waals surface area contributed by atoms with Gasteiger partial charge in [0.05, 0.1) is 0 Å². The largest absolute Gasteiger partial charge is 0.346 e. The number of aryl methyl sites for hydroxylation is 1. The summed E-state index contributed by atoms with van der Waals surface area (Å²) in [5.41, 5.74) is 1.41. The van der Waals surface area contributed by atoms with E-state index in [0.29, 0.717) is 16.9 Å². The Kier molecular flexibility index (Phi) is 3.28. The zero-order valence-corrected chi connectivity index (χ0v) is 10.3. The van der Waals surface area contributed by atoms with Gasteiger partial charge < -0.3 is 9.88 Å². The number of pyridine rings is 1. The molecular formula is C14H14N2O2. The summed E-state index contributed by atoms with van der Waals surface area (Å²) in [6.07, 6.45) is 1.59. The van der Waals surface area contributed by atoms with Crippen molar-refractivity contribution < 1.29 is 4.79 Å². The lowest BCUT2D eigenvalue weighted by Gasteiger charge is -2.11. The fourth-order valence-electron chi connectivity index (χ4n) is 1.80. The van der Waals surface area contributed by atoms with Crippen molar-refractivity contribution in [2.24, 2.45) is 7.05 Å². The van der Waals surface area contributed by atoms with Crippen LogP contribution in [0.15, 0.2) is 47.4 Å². The number of amides is 1. The summed E-state index contributed by atoms with van der Waals surface area (Å²) in [5.74, 6) is -0.279. The monoisotopic (exact) mass is 242 g/mol. The summed E-state index contributed by atoms with van der Waals surface area (Å²) in [7, 11) is 1.74. The highest BCUT2D eigenvalue weighted by Gasteiger charge is 2.13. The lowest BCUT2D eigenvalue weighted by molar-refractivity contribution is 0.101. The lowest BCUT2D eigenvalue weighted by Crippen LogP contribution is -2.23. The molecule has 0 aliphatic carbocycles. The molecule has 0 unspecified atom stereocenters. The van der Waals surface area contributed by atoms with Gasteiger partial charge >= 0.3 is 0 Å². The second-order valence-corrected chi connectivity index (χ2v) is 4.08. The number of para-hydroxylation sites is 1. The van der Waals surface area contributed by atoms with Crippen molar-refractivity contribution in [3.05, 3.63) is 64.1 Å². The molecule has 1 aromatic carbocycles. The van der Waals surface area contributed by atoms with Gasteiger partial charge in [0, 0.05) is 30.6 Å². The van der Waals surface area contributed by atoms with Gasteiger partial charge in [0.15, 0.2) is 5.43 Å². The van der Waals surface area contributed by atoms with Crippen LogP contribution in [0.5, 0.6) is 0 Å². The van der Waals surface area contributed by atoms with Crippen molar-refractivity contribution in [2.45, 2.75) is 6.92 Å². The molecule has 0 saturated heterocycles. The van der Waals surface area contributed by atoms with E-state index < -0.39 is 0 Å². The summed E-state index contributed by atoms with van der Waals surface area (Å²) in [5, 5.41) is 2.77. The van der Waals surface area contributed by atoms with Crippen LogP contribution in [0.2, 0.25) is 0 Å². The minimum Gasteiger partial charge on any atom is -0.346 e. The van der Waals surface area contributed by atoms with Crippen LogP contribution < -0.4 is 10.7 Å². The molecule has 92 valence electrons. The number of carbonyl (C=O) groups excluding carboxylic acids is 1. The van der Waals surface area contributed by atoms with Gasteiger partial charge in [-0.1, -0.05) is 18.2 Å². The highest BCUT2D eigenvalue weighted by atomic mass is 16.2. The van der Waals surface area contributed by atoms with E-state index in [1.165, 1.54) is 6.07 Å². The Bertz CT molecular complexity index is 630. The molecular weight excluding hydrogens is 228 g/mol. The molecule has 0 fully saturated rings. The third-order valence-electron chi connectivity index (χ3n) is 2.77. The molecule has 0 aliphatic heterocycles. The van der Waals surface area contributed by atoms with E-state index in [1.807, 2.05) is 18.2 Å². The molecule has 1 N–H and O–H groups in total. The standard InChI is InChI=1S/C14H14N2O2/c1-10-12(17)8-9-16(2)13(10)14(18)15-11-6-4-3-5-7-11/h3-9H,1-2H3,(H,15,18). The van der Waals surface area contributed by atoms with Crippen molar-refractivity contribution >= 4 is 11.6 Å². The van der Waals surface area contributed by atoms with Crippen LogP contribution >= 0.6 is 0 Å². The van der Waals surface area contributed by atoms with Crippen molar-refractivity contribution in [2.75, 3.05) is 5.32 Å². The number of hydrogen-bond acceptors (Lipinski definition) is 2. The van der Waals surface area contributed by atoms with Crippen LogP contribution in [0.25, 0.3) is 0 Å². The highest BCUT2D eigenvalue weighted by Crippen LogP contribution is 2.09. The van der Waals surface area contributed by atoms with Crippen molar-refractivity contribution in [3.8, 4) is 0 Å². The van der Waals surface area contributed by atoms with E-state index >= 15 is 0 Å². The van der Waals surface area contributed by atoms with Gasteiger partial charge in [-0.15, -0.1) is 0 Å². The predicted molar refractivity (Wildman–Crippen MR) is 70.8 cm³/mol. The number of benzene rings is 1. The van der Waals surface area contributed by atoms with Gasteiger partial charge in [0.1, 0.15) is 5.69 Å². The maximum absolute atomic E-state index is 12.1. The zero-order valence-electron chi connectivity index (χ0n) is 10.3. The topological polar surface area (TPSA) is 51.1 Å². The predicted octanol–water partition coefficient (Wildman–Crippen LogP) is 1.95. The fourth-order valence-corrected chi connectivity index (χ4v) is 1.80. The molecule has 18 heavy (non-hydrogen) atoms. The Labute approximate surface area is 105 Å². The molecule has 0 radical (unpaired) electrons. The quantitative estimate of drug-likeness (QED) is 0.875. The van der Waals surface area contributed by atoms with E-state index in [0.717, 1.165) is 0 Å². The smallest absolute Gasteiger partial charge is 0.272 e. The van der Waals surface area contributed by atoms with Gasteiger partial charge in [0.25, 0.3) is 5.91 Å². The first-order valence-corrected chi connectivity index (χ1v) is 5.62.